The number of hydrogen-bond acceptors (Lipinski definition) is 7. The van der Waals surface area contributed by atoms with Gasteiger partial charge in [0, 0.05) is 17.4 Å². The summed E-state index contributed by atoms with van der Waals surface area (Å²) < 4.78 is 75.7. The largest absolute Gasteiger partial charge is 0.478 e. The second kappa shape index (κ2) is 12.4. The van der Waals surface area contributed by atoms with E-state index in [4.69, 9.17) is 9.47 Å². The third-order valence-corrected chi connectivity index (χ3v) is 8.61. The lowest BCUT2D eigenvalue weighted by molar-refractivity contribution is 0.0696. The van der Waals surface area contributed by atoms with E-state index in [0.29, 0.717) is 12.2 Å². The highest BCUT2D eigenvalue weighted by Crippen LogP contribution is 2.41. The molecule has 1 fully saturated rings. The van der Waals surface area contributed by atoms with Gasteiger partial charge in [-0.1, -0.05) is 31.2 Å². The number of halogens is 4. The summed E-state index contributed by atoms with van der Waals surface area (Å²) in [6.45, 7) is 4.45. The number of rotatable bonds is 9. The van der Waals surface area contributed by atoms with E-state index < -0.39 is 40.7 Å². The maximum Gasteiger partial charge on any atom is 0.335 e. The van der Waals surface area contributed by atoms with Gasteiger partial charge >= 0.3 is 5.97 Å². The van der Waals surface area contributed by atoms with E-state index in [2.05, 4.69) is 20.3 Å². The summed E-state index contributed by atoms with van der Waals surface area (Å²) in [7, 11) is 0. The topological polar surface area (TPSA) is 117 Å². The summed E-state index contributed by atoms with van der Waals surface area (Å²) in [6.07, 6.45) is 2.99. The Morgan fingerprint density at radius 3 is 2.47 bits per heavy atom. The Kier molecular flexibility index (Phi) is 8.11. The van der Waals surface area contributed by atoms with Crippen molar-refractivity contribution in [2.45, 2.75) is 32.9 Å². The molecule has 0 radical (unpaired) electrons. The molecule has 0 saturated carbocycles. The number of ether oxygens (including phenoxy) is 2. The molecule has 0 bridgehead atoms. The Bertz CT molecular complexity index is 2200. The summed E-state index contributed by atoms with van der Waals surface area (Å²) >= 11 is 0. The van der Waals surface area contributed by atoms with E-state index in [1.165, 1.54) is 12.1 Å². The molecule has 1 N–H and O–H groups in total. The number of carbonyl (C=O) groups is 1. The number of imidazole rings is 1. The lowest BCUT2D eigenvalue weighted by atomic mass is 9.87. The van der Waals surface area contributed by atoms with Gasteiger partial charge < -0.3 is 19.1 Å². The van der Waals surface area contributed by atoms with Crippen LogP contribution in [0.4, 0.5) is 17.6 Å². The van der Waals surface area contributed by atoms with Crippen molar-refractivity contribution in [2.24, 2.45) is 5.41 Å². The molecule has 1 aliphatic heterocycles. The van der Waals surface area contributed by atoms with Gasteiger partial charge in [-0.2, -0.15) is 0 Å². The fourth-order valence-corrected chi connectivity index (χ4v) is 5.98. The predicted octanol–water partition coefficient (Wildman–Crippen LogP) is 6.70. The fraction of sp³-hybridized carbons (Fsp3) is 0.229. The molecule has 1 saturated heterocycles. The third kappa shape index (κ3) is 6.10. The van der Waals surface area contributed by atoms with Gasteiger partial charge in [-0.25, -0.2) is 37.0 Å². The van der Waals surface area contributed by atoms with Crippen LogP contribution < -0.4 is 4.74 Å². The van der Waals surface area contributed by atoms with Crippen molar-refractivity contribution in [1.82, 2.24) is 29.5 Å². The van der Waals surface area contributed by atoms with E-state index in [1.807, 2.05) is 13.8 Å². The van der Waals surface area contributed by atoms with Gasteiger partial charge in [0.1, 0.15) is 29.6 Å². The van der Waals surface area contributed by atoms with Crippen molar-refractivity contribution >= 4 is 17.0 Å². The van der Waals surface area contributed by atoms with Gasteiger partial charge in [0.2, 0.25) is 0 Å². The van der Waals surface area contributed by atoms with Gasteiger partial charge in [-0.15, -0.1) is 5.10 Å². The predicted molar refractivity (Wildman–Crippen MR) is 168 cm³/mol. The number of benzene rings is 3. The molecular formula is C35H28F4N6O4. The lowest BCUT2D eigenvalue weighted by Crippen LogP contribution is -2.27. The quantitative estimate of drug-likeness (QED) is 0.169. The van der Waals surface area contributed by atoms with Crippen molar-refractivity contribution in [3.05, 3.63) is 119 Å². The average Bonchev–Trinajstić information content (AvgIpc) is 3.81. The van der Waals surface area contributed by atoms with Crippen LogP contribution in [0.5, 0.6) is 5.88 Å². The van der Waals surface area contributed by atoms with Gasteiger partial charge in [0.05, 0.1) is 54.1 Å². The Labute approximate surface area is 276 Å². The minimum absolute atomic E-state index is 0.0425. The number of nitrogens with zero attached hydrogens (tertiary/aromatic N) is 6. The normalized spacial score (nSPS) is 15.6. The van der Waals surface area contributed by atoms with Crippen molar-refractivity contribution in [2.75, 3.05) is 13.2 Å². The highest BCUT2D eigenvalue weighted by Gasteiger charge is 2.39. The van der Waals surface area contributed by atoms with Crippen LogP contribution in [0, 0.1) is 28.7 Å². The molecular weight excluding hydrogens is 644 g/mol. The fourth-order valence-electron chi connectivity index (χ4n) is 5.98. The Morgan fingerprint density at radius 2 is 1.78 bits per heavy atom. The van der Waals surface area contributed by atoms with Crippen LogP contribution in [0.15, 0.2) is 73.1 Å². The molecule has 4 heterocycles. The first-order valence-electron chi connectivity index (χ1n) is 15.2. The minimum Gasteiger partial charge on any atom is -0.478 e. The molecule has 1 atom stereocenters. The van der Waals surface area contributed by atoms with E-state index in [9.17, 15) is 14.3 Å². The number of carboxylic acids is 1. The number of aromatic nitrogens is 6. The molecule has 6 aromatic rings. The van der Waals surface area contributed by atoms with Crippen LogP contribution in [0.3, 0.4) is 0 Å². The summed E-state index contributed by atoms with van der Waals surface area (Å²) in [6, 6.07) is 13.1. The monoisotopic (exact) mass is 672 g/mol. The molecule has 10 nitrogen and oxygen atoms in total. The zero-order valence-electron chi connectivity index (χ0n) is 26.2. The average molecular weight is 673 g/mol. The number of hydrogen-bond donors (Lipinski definition) is 1. The zero-order chi connectivity index (χ0) is 34.4. The zero-order valence-corrected chi connectivity index (χ0v) is 26.2. The van der Waals surface area contributed by atoms with Crippen LogP contribution in [-0.2, 0) is 17.8 Å². The second-order valence-electron chi connectivity index (χ2n) is 12.4. The molecule has 7 rings (SSSR count). The molecule has 0 amide bonds. The minimum atomic E-state index is -1.32. The molecule has 14 heteroatoms. The number of aromatic carboxylic acids is 1. The first kappa shape index (κ1) is 31.9. The molecule has 250 valence electrons. The second-order valence-corrected chi connectivity index (χ2v) is 12.4. The van der Waals surface area contributed by atoms with Crippen LogP contribution in [0.2, 0.25) is 0 Å². The summed E-state index contributed by atoms with van der Waals surface area (Å²) in [5.74, 6) is -4.77. The van der Waals surface area contributed by atoms with Gasteiger partial charge in [-0.05, 0) is 59.7 Å². The first-order chi connectivity index (χ1) is 23.5. The van der Waals surface area contributed by atoms with E-state index >= 15 is 13.2 Å². The SMILES string of the molecule is CC1(C)COC[C@H]1n1c(Cc2cc(F)c(-c3ccc(F)c(OCc4ccc(-n5ccnn5)cc4)n3)cc2F)nc2c(F)cc(C(=O)O)cc21. The van der Waals surface area contributed by atoms with Crippen LogP contribution in [-0.4, -0.2) is 53.8 Å². The van der Waals surface area contributed by atoms with Crippen molar-refractivity contribution in [3.8, 4) is 22.8 Å². The summed E-state index contributed by atoms with van der Waals surface area (Å²) in [5, 5.41) is 17.2. The molecule has 0 aliphatic carbocycles. The molecule has 1 aliphatic rings. The molecule has 49 heavy (non-hydrogen) atoms. The van der Waals surface area contributed by atoms with E-state index in [1.54, 1.807) is 45.9 Å². The maximum atomic E-state index is 15.7. The smallest absolute Gasteiger partial charge is 0.335 e. The lowest BCUT2D eigenvalue weighted by Gasteiger charge is -2.28. The van der Waals surface area contributed by atoms with Gasteiger partial charge in [-0.3, -0.25) is 0 Å². The highest BCUT2D eigenvalue weighted by atomic mass is 19.1. The number of carboxylic acid groups (broad SMARTS) is 1. The van der Waals surface area contributed by atoms with Crippen molar-refractivity contribution in [3.63, 3.8) is 0 Å². The van der Waals surface area contributed by atoms with Crippen LogP contribution in [0.25, 0.3) is 28.0 Å². The maximum absolute atomic E-state index is 15.7. The summed E-state index contributed by atoms with van der Waals surface area (Å²) in [5.41, 5.74) is 0.503. The molecule has 0 spiro atoms. The number of fused-ring (bicyclic) bond motifs is 1. The first-order valence-corrected chi connectivity index (χ1v) is 15.2. The standard InChI is InChI=1S/C35H28F4N6O4/c1-35(2)18-48-17-30(35)45-29-13-21(34(46)47)12-27(39)32(29)42-31(45)14-20-11-26(38)23(15-25(20)37)28-8-7-24(36)33(41-28)49-16-19-3-5-22(6-4-19)44-10-9-40-43-44/h3-13,15,30H,14,16-18H2,1-2H3,(H,46,47)/t30-/m1/s1. The van der Waals surface area contributed by atoms with Gasteiger partial charge in [0.15, 0.2) is 11.6 Å². The summed E-state index contributed by atoms with van der Waals surface area (Å²) in [4.78, 5) is 20.3. The van der Waals surface area contributed by atoms with Crippen molar-refractivity contribution < 1.29 is 36.9 Å². The highest BCUT2D eigenvalue weighted by molar-refractivity contribution is 5.93. The molecule has 3 aromatic heterocycles. The Hall–Kier alpha value is -5.63. The third-order valence-electron chi connectivity index (χ3n) is 8.61. The Morgan fingerprint density at radius 1 is 0.980 bits per heavy atom. The van der Waals surface area contributed by atoms with Gasteiger partial charge in [0.25, 0.3) is 5.88 Å². The number of pyridine rings is 1. The van der Waals surface area contributed by atoms with E-state index in [-0.39, 0.29) is 64.8 Å². The van der Waals surface area contributed by atoms with E-state index in [0.717, 1.165) is 30.0 Å². The van der Waals surface area contributed by atoms with Crippen LogP contribution >= 0.6 is 0 Å². The molecule has 3 aromatic carbocycles. The molecule has 0 unspecified atom stereocenters. The van der Waals surface area contributed by atoms with Crippen LogP contribution in [0.1, 0.15) is 47.2 Å². The van der Waals surface area contributed by atoms with Crippen molar-refractivity contribution in [1.29, 1.82) is 0 Å². The Balaban J connectivity index is 1.18.